The maximum Gasteiger partial charge on any atom is 0.268 e. The van der Waals surface area contributed by atoms with Gasteiger partial charge in [0.25, 0.3) is 5.91 Å². The molecule has 3 N–H and O–H groups in total. The SMILES string of the molecule is CC1CC(NC(=O)c2cc(S(N)(=O)=O)cn2C(C)C)C1. The van der Waals surface area contributed by atoms with E-state index in [4.69, 9.17) is 5.14 Å². The van der Waals surface area contributed by atoms with Gasteiger partial charge in [-0.2, -0.15) is 0 Å². The Bertz CT molecular complexity index is 613. The van der Waals surface area contributed by atoms with Crippen molar-refractivity contribution >= 4 is 15.9 Å². The van der Waals surface area contributed by atoms with E-state index < -0.39 is 10.0 Å². The third kappa shape index (κ3) is 3.04. The zero-order chi connectivity index (χ0) is 15.1. The lowest BCUT2D eigenvalue weighted by Crippen LogP contribution is -2.44. The van der Waals surface area contributed by atoms with Crippen molar-refractivity contribution < 1.29 is 13.2 Å². The van der Waals surface area contributed by atoms with Gasteiger partial charge in [-0.3, -0.25) is 4.79 Å². The fourth-order valence-electron chi connectivity index (χ4n) is 2.50. The fourth-order valence-corrected chi connectivity index (χ4v) is 3.03. The summed E-state index contributed by atoms with van der Waals surface area (Å²) >= 11 is 0. The first-order valence-electron chi connectivity index (χ1n) is 6.74. The second-order valence-corrected chi connectivity index (χ2v) is 7.42. The Morgan fingerprint density at radius 3 is 2.50 bits per heavy atom. The highest BCUT2D eigenvalue weighted by atomic mass is 32.2. The smallest absolute Gasteiger partial charge is 0.268 e. The first kappa shape index (κ1) is 15.1. The van der Waals surface area contributed by atoms with Crippen molar-refractivity contribution in [3.05, 3.63) is 18.0 Å². The third-order valence-corrected chi connectivity index (χ3v) is 4.53. The van der Waals surface area contributed by atoms with E-state index in [9.17, 15) is 13.2 Å². The zero-order valence-electron chi connectivity index (χ0n) is 12.0. The number of primary sulfonamides is 1. The number of carbonyl (C=O) groups excluding carboxylic acids is 1. The van der Waals surface area contributed by atoms with Crippen LogP contribution in [0.1, 0.15) is 50.1 Å². The summed E-state index contributed by atoms with van der Waals surface area (Å²) in [6, 6.07) is 1.50. The number of aromatic nitrogens is 1. The molecule has 1 aliphatic carbocycles. The standard InChI is InChI=1S/C13H21N3O3S/c1-8(2)16-7-11(20(14,18)19)6-12(16)13(17)15-10-4-9(3)5-10/h6-10H,4-5H2,1-3H3,(H,15,17)(H2,14,18,19). The van der Waals surface area contributed by atoms with E-state index >= 15 is 0 Å². The van der Waals surface area contributed by atoms with E-state index in [0.29, 0.717) is 11.6 Å². The number of sulfonamides is 1. The summed E-state index contributed by atoms with van der Waals surface area (Å²) in [4.78, 5) is 12.2. The quantitative estimate of drug-likeness (QED) is 0.876. The van der Waals surface area contributed by atoms with Crippen LogP contribution in [0.3, 0.4) is 0 Å². The molecule has 0 radical (unpaired) electrons. The van der Waals surface area contributed by atoms with Gasteiger partial charge in [0.2, 0.25) is 10.0 Å². The number of amides is 1. The predicted octanol–water partition coefficient (Wildman–Crippen LogP) is 1.24. The first-order valence-corrected chi connectivity index (χ1v) is 8.28. The number of carbonyl (C=O) groups is 1. The number of hydrogen-bond donors (Lipinski definition) is 2. The summed E-state index contributed by atoms with van der Waals surface area (Å²) in [5.74, 6) is 0.391. The van der Waals surface area contributed by atoms with Gasteiger partial charge in [0.15, 0.2) is 0 Å². The van der Waals surface area contributed by atoms with Gasteiger partial charge in [0, 0.05) is 18.3 Å². The van der Waals surface area contributed by atoms with Crippen molar-refractivity contribution in [2.45, 2.75) is 50.6 Å². The van der Waals surface area contributed by atoms with Gasteiger partial charge in [0.1, 0.15) is 10.6 Å². The Hall–Kier alpha value is -1.34. The molecule has 0 unspecified atom stereocenters. The largest absolute Gasteiger partial charge is 0.348 e. The molecule has 0 saturated heterocycles. The molecular weight excluding hydrogens is 278 g/mol. The van der Waals surface area contributed by atoms with E-state index in [2.05, 4.69) is 12.2 Å². The lowest BCUT2D eigenvalue weighted by atomic mass is 9.82. The highest BCUT2D eigenvalue weighted by molar-refractivity contribution is 7.89. The molecule has 1 aliphatic rings. The summed E-state index contributed by atoms with van der Waals surface area (Å²) in [5.41, 5.74) is 0.337. The minimum absolute atomic E-state index is 0.0217. The zero-order valence-corrected chi connectivity index (χ0v) is 12.8. The van der Waals surface area contributed by atoms with Crippen molar-refractivity contribution in [1.29, 1.82) is 0 Å². The highest BCUT2D eigenvalue weighted by Crippen LogP contribution is 2.27. The molecule has 1 amide bonds. The van der Waals surface area contributed by atoms with Gasteiger partial charge < -0.3 is 9.88 Å². The number of nitrogens with zero attached hydrogens (tertiary/aromatic N) is 1. The average Bonchev–Trinajstić information content (AvgIpc) is 2.71. The maximum absolute atomic E-state index is 12.3. The minimum atomic E-state index is -3.80. The monoisotopic (exact) mass is 299 g/mol. The molecule has 112 valence electrons. The molecule has 6 nitrogen and oxygen atoms in total. The van der Waals surface area contributed by atoms with E-state index in [-0.39, 0.29) is 22.9 Å². The second-order valence-electron chi connectivity index (χ2n) is 5.85. The van der Waals surface area contributed by atoms with Crippen LogP contribution in [0.25, 0.3) is 0 Å². The summed E-state index contributed by atoms with van der Waals surface area (Å²) in [6.45, 7) is 5.91. The van der Waals surface area contributed by atoms with Crippen molar-refractivity contribution in [3.63, 3.8) is 0 Å². The topological polar surface area (TPSA) is 94.2 Å². The molecule has 1 aromatic rings. The van der Waals surface area contributed by atoms with Crippen LogP contribution in [0.5, 0.6) is 0 Å². The average molecular weight is 299 g/mol. The molecule has 0 spiro atoms. The van der Waals surface area contributed by atoms with E-state index in [0.717, 1.165) is 12.8 Å². The lowest BCUT2D eigenvalue weighted by molar-refractivity contribution is 0.0885. The summed E-state index contributed by atoms with van der Waals surface area (Å²) < 4.78 is 24.5. The molecule has 0 aromatic carbocycles. The van der Waals surface area contributed by atoms with Crippen molar-refractivity contribution in [1.82, 2.24) is 9.88 Å². The molecule has 20 heavy (non-hydrogen) atoms. The van der Waals surface area contributed by atoms with Crippen LogP contribution >= 0.6 is 0 Å². The second kappa shape index (κ2) is 5.21. The van der Waals surface area contributed by atoms with Crippen LogP contribution < -0.4 is 10.5 Å². The van der Waals surface area contributed by atoms with Crippen molar-refractivity contribution in [3.8, 4) is 0 Å². The molecular formula is C13H21N3O3S. The molecule has 1 fully saturated rings. The third-order valence-electron chi connectivity index (χ3n) is 3.65. The highest BCUT2D eigenvalue weighted by Gasteiger charge is 2.28. The molecule has 2 rings (SSSR count). The minimum Gasteiger partial charge on any atom is -0.348 e. The maximum atomic E-state index is 12.3. The van der Waals surface area contributed by atoms with E-state index in [1.807, 2.05) is 13.8 Å². The number of nitrogens with one attached hydrogen (secondary N) is 1. The molecule has 0 bridgehead atoms. The van der Waals surface area contributed by atoms with E-state index in [1.54, 1.807) is 4.57 Å². The van der Waals surface area contributed by atoms with Crippen molar-refractivity contribution in [2.24, 2.45) is 11.1 Å². The summed E-state index contributed by atoms with van der Waals surface area (Å²) in [6.07, 6.45) is 3.35. The van der Waals surface area contributed by atoms with Crippen LogP contribution in [-0.2, 0) is 10.0 Å². The molecule has 7 heteroatoms. The Balaban J connectivity index is 2.25. The first-order chi connectivity index (χ1) is 9.18. The van der Waals surface area contributed by atoms with Gasteiger partial charge in [-0.25, -0.2) is 13.6 Å². The van der Waals surface area contributed by atoms with Gasteiger partial charge in [-0.1, -0.05) is 6.92 Å². The number of nitrogens with two attached hydrogens (primary N) is 1. The van der Waals surface area contributed by atoms with Crippen LogP contribution in [0.15, 0.2) is 17.2 Å². The van der Waals surface area contributed by atoms with Crippen LogP contribution in [0, 0.1) is 5.92 Å². The predicted molar refractivity (Wildman–Crippen MR) is 75.8 cm³/mol. The molecule has 1 saturated carbocycles. The Kier molecular flexibility index (Phi) is 3.93. The van der Waals surface area contributed by atoms with Gasteiger partial charge in [0.05, 0.1) is 0 Å². The lowest BCUT2D eigenvalue weighted by Gasteiger charge is -2.33. The Morgan fingerprint density at radius 1 is 1.45 bits per heavy atom. The van der Waals surface area contributed by atoms with Crippen LogP contribution in [0.4, 0.5) is 0 Å². The van der Waals surface area contributed by atoms with Gasteiger partial charge >= 0.3 is 0 Å². The van der Waals surface area contributed by atoms with Crippen LogP contribution in [-0.4, -0.2) is 24.9 Å². The van der Waals surface area contributed by atoms with Crippen molar-refractivity contribution in [2.75, 3.05) is 0 Å². The summed E-state index contributed by atoms with van der Waals surface area (Å²) in [7, 11) is -3.80. The van der Waals surface area contributed by atoms with E-state index in [1.165, 1.54) is 12.3 Å². The molecule has 1 heterocycles. The Labute approximate surface area is 119 Å². The number of rotatable bonds is 4. The summed E-state index contributed by atoms with van der Waals surface area (Å²) in [5, 5.41) is 8.05. The molecule has 0 aliphatic heterocycles. The normalized spacial score (nSPS) is 22.6. The van der Waals surface area contributed by atoms with Gasteiger partial charge in [-0.15, -0.1) is 0 Å². The molecule has 1 aromatic heterocycles. The van der Waals surface area contributed by atoms with Crippen LogP contribution in [0.2, 0.25) is 0 Å². The Morgan fingerprint density at radius 2 is 2.05 bits per heavy atom. The van der Waals surface area contributed by atoms with Gasteiger partial charge in [-0.05, 0) is 38.7 Å². The number of hydrogen-bond acceptors (Lipinski definition) is 3. The fraction of sp³-hybridized carbons (Fsp3) is 0.615. The molecule has 0 atom stereocenters.